The van der Waals surface area contributed by atoms with Crippen molar-refractivity contribution in [3.63, 3.8) is 0 Å². The Morgan fingerprint density at radius 1 is 1.29 bits per heavy atom. The van der Waals surface area contributed by atoms with E-state index in [0.29, 0.717) is 22.7 Å². The van der Waals surface area contributed by atoms with Gasteiger partial charge in [0.2, 0.25) is 0 Å². The van der Waals surface area contributed by atoms with Gasteiger partial charge >= 0.3 is 0 Å². The first kappa shape index (κ1) is 14.8. The minimum Gasteiger partial charge on any atom is -0.383 e. The molecule has 2 atom stereocenters. The molecule has 4 heteroatoms. The van der Waals surface area contributed by atoms with Crippen LogP contribution in [0.3, 0.4) is 0 Å². The van der Waals surface area contributed by atoms with Crippen molar-refractivity contribution in [2.24, 2.45) is 0 Å². The SMILES string of the molecule is CCC(COC)NC(C)c1ccc(Cl)c(Cl)c1. The van der Waals surface area contributed by atoms with E-state index in [1.54, 1.807) is 7.11 Å². The predicted octanol–water partition coefficient (Wildman–Crippen LogP) is 4.07. The van der Waals surface area contributed by atoms with E-state index in [-0.39, 0.29) is 6.04 Å². The number of rotatable bonds is 6. The average Bonchev–Trinajstić information content (AvgIpc) is 2.31. The van der Waals surface area contributed by atoms with Crippen LogP contribution in [0, 0.1) is 0 Å². The molecule has 0 heterocycles. The first-order valence-electron chi connectivity index (χ1n) is 5.78. The normalized spacial score (nSPS) is 14.6. The Labute approximate surface area is 113 Å². The zero-order valence-electron chi connectivity index (χ0n) is 10.5. The van der Waals surface area contributed by atoms with Crippen LogP contribution >= 0.6 is 23.2 Å². The van der Waals surface area contributed by atoms with Crippen LogP contribution in [0.2, 0.25) is 10.0 Å². The Morgan fingerprint density at radius 3 is 2.53 bits per heavy atom. The average molecular weight is 276 g/mol. The quantitative estimate of drug-likeness (QED) is 0.845. The van der Waals surface area contributed by atoms with Crippen molar-refractivity contribution < 1.29 is 4.74 Å². The Balaban J connectivity index is 2.68. The third kappa shape index (κ3) is 4.47. The highest BCUT2D eigenvalue weighted by molar-refractivity contribution is 6.42. The van der Waals surface area contributed by atoms with Gasteiger partial charge in [-0.25, -0.2) is 0 Å². The maximum absolute atomic E-state index is 6.01. The van der Waals surface area contributed by atoms with Crippen molar-refractivity contribution in [1.82, 2.24) is 5.32 Å². The second kappa shape index (κ2) is 7.22. The van der Waals surface area contributed by atoms with Crippen molar-refractivity contribution in [2.75, 3.05) is 13.7 Å². The minimum absolute atomic E-state index is 0.227. The van der Waals surface area contributed by atoms with E-state index < -0.39 is 0 Å². The smallest absolute Gasteiger partial charge is 0.0615 e. The number of methoxy groups -OCH3 is 1. The van der Waals surface area contributed by atoms with E-state index in [9.17, 15) is 0 Å². The third-order valence-electron chi connectivity index (χ3n) is 2.79. The molecular formula is C13H19Cl2NO. The molecule has 0 bridgehead atoms. The van der Waals surface area contributed by atoms with Crippen LogP contribution < -0.4 is 5.32 Å². The zero-order chi connectivity index (χ0) is 12.8. The molecule has 0 saturated carbocycles. The number of ether oxygens (including phenoxy) is 1. The van der Waals surface area contributed by atoms with Gasteiger partial charge in [-0.3, -0.25) is 0 Å². The Morgan fingerprint density at radius 2 is 2.00 bits per heavy atom. The number of hydrogen-bond donors (Lipinski definition) is 1. The fourth-order valence-electron chi connectivity index (χ4n) is 1.72. The summed E-state index contributed by atoms with van der Waals surface area (Å²) >= 11 is 11.9. The Hall–Kier alpha value is -0.280. The van der Waals surface area contributed by atoms with E-state index in [2.05, 4.69) is 19.2 Å². The summed E-state index contributed by atoms with van der Waals surface area (Å²) in [5.74, 6) is 0. The van der Waals surface area contributed by atoms with E-state index in [1.165, 1.54) is 0 Å². The lowest BCUT2D eigenvalue weighted by atomic mass is 10.1. The molecular weight excluding hydrogens is 257 g/mol. The van der Waals surface area contributed by atoms with Gasteiger partial charge in [0.1, 0.15) is 0 Å². The van der Waals surface area contributed by atoms with E-state index in [1.807, 2.05) is 18.2 Å². The summed E-state index contributed by atoms with van der Waals surface area (Å²) in [5, 5.41) is 4.69. The topological polar surface area (TPSA) is 21.3 Å². The van der Waals surface area contributed by atoms with Gasteiger partial charge < -0.3 is 10.1 Å². The molecule has 0 aliphatic rings. The van der Waals surface area contributed by atoms with Crippen LogP contribution in [0.4, 0.5) is 0 Å². The van der Waals surface area contributed by atoms with Crippen LogP contribution in [0.25, 0.3) is 0 Å². The first-order valence-corrected chi connectivity index (χ1v) is 6.54. The van der Waals surface area contributed by atoms with Gasteiger partial charge in [-0.2, -0.15) is 0 Å². The lowest BCUT2D eigenvalue weighted by Gasteiger charge is -2.22. The molecule has 2 unspecified atom stereocenters. The van der Waals surface area contributed by atoms with Gasteiger partial charge in [0.15, 0.2) is 0 Å². The van der Waals surface area contributed by atoms with E-state index in [4.69, 9.17) is 27.9 Å². The van der Waals surface area contributed by atoms with Gasteiger partial charge in [-0.1, -0.05) is 36.2 Å². The maximum Gasteiger partial charge on any atom is 0.0615 e. The number of halogens is 2. The summed E-state index contributed by atoms with van der Waals surface area (Å²) < 4.78 is 5.16. The summed E-state index contributed by atoms with van der Waals surface area (Å²) in [6, 6.07) is 6.30. The highest BCUT2D eigenvalue weighted by Crippen LogP contribution is 2.25. The monoisotopic (exact) mass is 275 g/mol. The fourth-order valence-corrected chi connectivity index (χ4v) is 2.02. The van der Waals surface area contributed by atoms with Crippen LogP contribution in [-0.4, -0.2) is 19.8 Å². The fraction of sp³-hybridized carbons (Fsp3) is 0.538. The third-order valence-corrected chi connectivity index (χ3v) is 3.53. The van der Waals surface area contributed by atoms with Crippen molar-refractivity contribution in [3.8, 4) is 0 Å². The molecule has 17 heavy (non-hydrogen) atoms. The van der Waals surface area contributed by atoms with Crippen LogP contribution in [0.1, 0.15) is 31.9 Å². The van der Waals surface area contributed by atoms with Gasteiger partial charge in [-0.15, -0.1) is 0 Å². The van der Waals surface area contributed by atoms with Gasteiger partial charge in [0, 0.05) is 19.2 Å². The molecule has 0 amide bonds. The van der Waals surface area contributed by atoms with Gasteiger partial charge in [0.25, 0.3) is 0 Å². The molecule has 0 aliphatic heterocycles. The van der Waals surface area contributed by atoms with Crippen molar-refractivity contribution in [2.45, 2.75) is 32.4 Å². The summed E-state index contributed by atoms with van der Waals surface area (Å²) in [6.45, 7) is 4.96. The molecule has 0 saturated heterocycles. The van der Waals surface area contributed by atoms with E-state index >= 15 is 0 Å². The second-order valence-electron chi connectivity index (χ2n) is 4.12. The number of hydrogen-bond acceptors (Lipinski definition) is 2. The summed E-state index contributed by atoms with van der Waals surface area (Å²) in [4.78, 5) is 0. The number of nitrogens with one attached hydrogen (secondary N) is 1. The van der Waals surface area contributed by atoms with Crippen LogP contribution in [-0.2, 0) is 4.74 Å². The van der Waals surface area contributed by atoms with Crippen LogP contribution in [0.15, 0.2) is 18.2 Å². The molecule has 0 fully saturated rings. The molecule has 0 spiro atoms. The first-order chi connectivity index (χ1) is 8.08. The molecule has 1 N–H and O–H groups in total. The van der Waals surface area contributed by atoms with Crippen molar-refractivity contribution in [3.05, 3.63) is 33.8 Å². The molecule has 0 aliphatic carbocycles. The Bertz CT molecular complexity index is 357. The van der Waals surface area contributed by atoms with E-state index in [0.717, 1.165) is 12.0 Å². The number of benzene rings is 1. The molecule has 2 nitrogen and oxygen atoms in total. The molecule has 0 radical (unpaired) electrons. The molecule has 96 valence electrons. The largest absolute Gasteiger partial charge is 0.383 e. The van der Waals surface area contributed by atoms with Crippen molar-refractivity contribution >= 4 is 23.2 Å². The minimum atomic E-state index is 0.227. The Kier molecular flexibility index (Phi) is 6.28. The summed E-state index contributed by atoms with van der Waals surface area (Å²) in [7, 11) is 1.72. The van der Waals surface area contributed by atoms with Crippen LogP contribution in [0.5, 0.6) is 0 Å². The predicted molar refractivity (Wildman–Crippen MR) is 74.0 cm³/mol. The molecule has 1 rings (SSSR count). The summed E-state index contributed by atoms with van der Waals surface area (Å²) in [6.07, 6.45) is 1.03. The molecule has 1 aromatic rings. The zero-order valence-corrected chi connectivity index (χ0v) is 12.0. The van der Waals surface area contributed by atoms with Crippen molar-refractivity contribution in [1.29, 1.82) is 0 Å². The van der Waals surface area contributed by atoms with Gasteiger partial charge in [0.05, 0.1) is 16.7 Å². The maximum atomic E-state index is 6.01. The second-order valence-corrected chi connectivity index (χ2v) is 4.94. The van der Waals surface area contributed by atoms with Gasteiger partial charge in [-0.05, 0) is 31.0 Å². The highest BCUT2D eigenvalue weighted by Gasteiger charge is 2.12. The summed E-state index contributed by atoms with van der Waals surface area (Å²) in [5.41, 5.74) is 1.13. The lowest BCUT2D eigenvalue weighted by Crippen LogP contribution is -2.34. The molecule has 1 aromatic carbocycles. The molecule has 0 aromatic heterocycles. The highest BCUT2D eigenvalue weighted by atomic mass is 35.5. The lowest BCUT2D eigenvalue weighted by molar-refractivity contribution is 0.159. The standard InChI is InChI=1S/C13H19Cl2NO/c1-4-11(8-17-3)16-9(2)10-5-6-12(14)13(15)7-10/h5-7,9,11,16H,4,8H2,1-3H3.